The highest BCUT2D eigenvalue weighted by Crippen LogP contribution is 2.37. The molecule has 1 aliphatic heterocycles. The van der Waals surface area contributed by atoms with Crippen molar-refractivity contribution in [3.05, 3.63) is 29.8 Å². The second-order valence-electron chi connectivity index (χ2n) is 7.57. The van der Waals surface area contributed by atoms with Gasteiger partial charge in [0.05, 0.1) is 22.8 Å². The topological polar surface area (TPSA) is 90.0 Å². The van der Waals surface area contributed by atoms with Gasteiger partial charge in [0, 0.05) is 6.54 Å². The molecule has 0 unspecified atom stereocenters. The number of hydrogen-bond donors (Lipinski definition) is 0. The summed E-state index contributed by atoms with van der Waals surface area (Å²) in [4.78, 5) is 24.5. The van der Waals surface area contributed by atoms with Gasteiger partial charge < -0.3 is 9.47 Å². The van der Waals surface area contributed by atoms with Crippen LogP contribution in [-0.4, -0.2) is 55.9 Å². The predicted molar refractivity (Wildman–Crippen MR) is 95.8 cm³/mol. The highest BCUT2D eigenvalue weighted by molar-refractivity contribution is 7.92. The van der Waals surface area contributed by atoms with Crippen molar-refractivity contribution in [3.8, 4) is 0 Å². The molecule has 7 nitrogen and oxygen atoms in total. The van der Waals surface area contributed by atoms with E-state index in [0.29, 0.717) is 6.07 Å². The van der Waals surface area contributed by atoms with E-state index in [0.717, 1.165) is 24.1 Å². The van der Waals surface area contributed by atoms with Crippen LogP contribution in [0.1, 0.15) is 32.8 Å². The molecule has 0 bridgehead atoms. The lowest BCUT2D eigenvalue weighted by molar-refractivity contribution is -0.145. The summed E-state index contributed by atoms with van der Waals surface area (Å²) in [6.45, 7) is 4.26. The minimum absolute atomic E-state index is 0.402. The molecule has 1 fully saturated rings. The van der Waals surface area contributed by atoms with Crippen molar-refractivity contribution in [2.75, 3.05) is 13.7 Å². The lowest BCUT2D eigenvalue weighted by atomic mass is 10.2. The number of halogens is 3. The first kappa shape index (κ1) is 23.0. The molecular formula is C18H22F3NO6S. The Morgan fingerprint density at radius 1 is 1.14 bits per heavy atom. The molecule has 0 radical (unpaired) electrons. The number of esters is 1. The first-order valence-corrected chi connectivity index (χ1v) is 10.2. The van der Waals surface area contributed by atoms with Crippen LogP contribution >= 0.6 is 0 Å². The number of sulfone groups is 1. The molecule has 2 rings (SSSR count). The number of ether oxygens (including phenoxy) is 2. The number of nitrogens with zero attached hydrogens (tertiary/aromatic N) is 1. The fourth-order valence-electron chi connectivity index (χ4n) is 3.03. The van der Waals surface area contributed by atoms with Crippen LogP contribution in [0.4, 0.5) is 18.0 Å². The molecule has 1 saturated heterocycles. The van der Waals surface area contributed by atoms with E-state index in [1.807, 2.05) is 0 Å². The maximum Gasteiger partial charge on any atom is 0.417 e. The van der Waals surface area contributed by atoms with E-state index in [4.69, 9.17) is 4.74 Å². The van der Waals surface area contributed by atoms with Gasteiger partial charge in [-0.3, -0.25) is 4.90 Å². The number of carbonyl (C=O) groups is 2. The van der Waals surface area contributed by atoms with Crippen molar-refractivity contribution in [3.63, 3.8) is 0 Å². The fraction of sp³-hybridized carbons (Fsp3) is 0.556. The average Bonchev–Trinajstić information content (AvgIpc) is 3.05. The number of amides is 1. The van der Waals surface area contributed by atoms with Crippen LogP contribution in [-0.2, 0) is 30.3 Å². The van der Waals surface area contributed by atoms with Crippen molar-refractivity contribution in [2.45, 2.75) is 55.2 Å². The van der Waals surface area contributed by atoms with E-state index >= 15 is 0 Å². The van der Waals surface area contributed by atoms with E-state index in [1.54, 1.807) is 20.8 Å². The zero-order chi connectivity index (χ0) is 22.2. The Morgan fingerprint density at radius 2 is 1.72 bits per heavy atom. The smallest absolute Gasteiger partial charge is 0.417 e. The van der Waals surface area contributed by atoms with E-state index in [-0.39, 0.29) is 0 Å². The normalized spacial score (nSPS) is 20.4. The Kier molecular flexibility index (Phi) is 6.22. The monoisotopic (exact) mass is 437 g/mol. The summed E-state index contributed by atoms with van der Waals surface area (Å²) in [6, 6.07) is 2.51. The van der Waals surface area contributed by atoms with E-state index in [9.17, 15) is 31.2 Å². The molecule has 1 heterocycles. The molecule has 1 aromatic rings. The third kappa shape index (κ3) is 5.01. The number of alkyl halides is 3. The molecule has 0 N–H and O–H groups in total. The summed E-state index contributed by atoms with van der Waals surface area (Å²) >= 11 is 0. The lowest BCUT2D eigenvalue weighted by Crippen LogP contribution is -2.44. The van der Waals surface area contributed by atoms with Crippen LogP contribution in [0.25, 0.3) is 0 Å². The molecule has 0 spiro atoms. The SMILES string of the molecule is COC(=O)[C@@H]1C[C@@H](S(=O)(=O)c2ccccc2C(F)(F)F)CN1C(=O)OC(C)(C)C. The summed E-state index contributed by atoms with van der Waals surface area (Å²) in [5.41, 5.74) is -2.22. The molecule has 1 aliphatic rings. The highest BCUT2D eigenvalue weighted by atomic mass is 32.2. The number of hydrogen-bond acceptors (Lipinski definition) is 6. The number of benzene rings is 1. The van der Waals surface area contributed by atoms with Gasteiger partial charge in [0.2, 0.25) is 0 Å². The van der Waals surface area contributed by atoms with Gasteiger partial charge in [-0.25, -0.2) is 18.0 Å². The zero-order valence-electron chi connectivity index (χ0n) is 16.3. The molecule has 11 heteroatoms. The maximum absolute atomic E-state index is 13.3. The maximum atomic E-state index is 13.3. The quantitative estimate of drug-likeness (QED) is 0.676. The van der Waals surface area contributed by atoms with Gasteiger partial charge in [-0.2, -0.15) is 13.2 Å². The van der Waals surface area contributed by atoms with Crippen molar-refractivity contribution >= 4 is 21.9 Å². The predicted octanol–water partition coefficient (Wildman–Crippen LogP) is 3.03. The second kappa shape index (κ2) is 7.85. The number of methoxy groups -OCH3 is 1. The Morgan fingerprint density at radius 3 is 2.24 bits per heavy atom. The largest absolute Gasteiger partial charge is 0.467 e. The summed E-state index contributed by atoms with van der Waals surface area (Å²) < 4.78 is 75.7. The van der Waals surface area contributed by atoms with E-state index in [1.165, 1.54) is 6.07 Å². The van der Waals surface area contributed by atoms with Gasteiger partial charge in [-0.15, -0.1) is 0 Å². The Labute approximate surface area is 166 Å². The van der Waals surface area contributed by atoms with Gasteiger partial charge in [-0.1, -0.05) is 12.1 Å². The van der Waals surface area contributed by atoms with Gasteiger partial charge in [-0.05, 0) is 39.3 Å². The first-order chi connectivity index (χ1) is 13.2. The van der Waals surface area contributed by atoms with Crippen LogP contribution in [0.5, 0.6) is 0 Å². The van der Waals surface area contributed by atoms with Crippen LogP contribution in [0.15, 0.2) is 29.2 Å². The van der Waals surface area contributed by atoms with Gasteiger partial charge in [0.15, 0.2) is 9.84 Å². The molecule has 162 valence electrons. The van der Waals surface area contributed by atoms with E-state index in [2.05, 4.69) is 4.74 Å². The van der Waals surface area contributed by atoms with Crippen LogP contribution in [0, 0.1) is 0 Å². The minimum Gasteiger partial charge on any atom is -0.467 e. The van der Waals surface area contributed by atoms with E-state index < -0.39 is 68.4 Å². The standard InChI is InChI=1S/C18H22F3NO6S/c1-17(2,3)28-16(24)22-10-11(9-13(22)15(23)27-4)29(25,26)14-8-6-5-7-12(14)18(19,20)21/h5-8,11,13H,9-10H2,1-4H3/t11-,13+/m1/s1. The van der Waals surface area contributed by atoms with Gasteiger partial charge in [0.1, 0.15) is 11.6 Å². The lowest BCUT2D eigenvalue weighted by Gasteiger charge is -2.27. The second-order valence-corrected chi connectivity index (χ2v) is 9.76. The number of rotatable bonds is 3. The van der Waals surface area contributed by atoms with Crippen LogP contribution in [0.2, 0.25) is 0 Å². The summed E-state index contributed by atoms with van der Waals surface area (Å²) in [7, 11) is -3.45. The molecule has 29 heavy (non-hydrogen) atoms. The summed E-state index contributed by atoms with van der Waals surface area (Å²) in [5, 5.41) is -1.43. The molecule has 1 aromatic carbocycles. The Balaban J connectivity index is 2.43. The van der Waals surface area contributed by atoms with Crippen LogP contribution < -0.4 is 0 Å². The molecular weight excluding hydrogens is 415 g/mol. The number of likely N-dealkylation sites (tertiary alicyclic amines) is 1. The van der Waals surface area contributed by atoms with Crippen LogP contribution in [0.3, 0.4) is 0 Å². The molecule has 0 saturated carbocycles. The van der Waals surface area contributed by atoms with Gasteiger partial charge in [0.25, 0.3) is 0 Å². The van der Waals surface area contributed by atoms with Crippen molar-refractivity contribution < 1.29 is 40.7 Å². The fourth-order valence-corrected chi connectivity index (χ4v) is 4.94. The Bertz CT molecular complexity index is 892. The highest BCUT2D eigenvalue weighted by Gasteiger charge is 2.49. The van der Waals surface area contributed by atoms with Crippen molar-refractivity contribution in [1.82, 2.24) is 4.90 Å². The molecule has 0 aliphatic carbocycles. The minimum atomic E-state index is -4.88. The average molecular weight is 437 g/mol. The first-order valence-electron chi connectivity index (χ1n) is 8.66. The summed E-state index contributed by atoms with van der Waals surface area (Å²) in [6.07, 6.45) is -6.23. The summed E-state index contributed by atoms with van der Waals surface area (Å²) in [5.74, 6) is -0.877. The Hall–Kier alpha value is -2.30. The third-order valence-electron chi connectivity index (χ3n) is 4.30. The molecule has 2 atom stereocenters. The zero-order valence-corrected chi connectivity index (χ0v) is 17.1. The van der Waals surface area contributed by atoms with Crippen molar-refractivity contribution in [2.24, 2.45) is 0 Å². The molecule has 1 amide bonds. The third-order valence-corrected chi connectivity index (χ3v) is 6.49. The molecule has 0 aromatic heterocycles. The van der Waals surface area contributed by atoms with Gasteiger partial charge >= 0.3 is 18.2 Å². The van der Waals surface area contributed by atoms with Crippen molar-refractivity contribution in [1.29, 1.82) is 0 Å². The number of carbonyl (C=O) groups excluding carboxylic acids is 2.